The molecule has 0 aliphatic carbocycles. The molecule has 2 aromatic carbocycles. The molecular formula is C23H28NO4+. The molecule has 0 spiro atoms. The summed E-state index contributed by atoms with van der Waals surface area (Å²) in [5.74, 6) is 0.928. The fraction of sp³-hybridized carbons (Fsp3) is 0.304. The van der Waals surface area contributed by atoms with Crippen molar-refractivity contribution in [3.63, 3.8) is 0 Å². The van der Waals surface area contributed by atoms with Crippen LogP contribution in [0.4, 0.5) is 0 Å². The molecule has 0 fully saturated rings. The van der Waals surface area contributed by atoms with Crippen molar-refractivity contribution in [2.24, 2.45) is 0 Å². The van der Waals surface area contributed by atoms with Crippen LogP contribution in [0.15, 0.2) is 54.1 Å². The van der Waals surface area contributed by atoms with Crippen molar-refractivity contribution in [3.05, 3.63) is 65.2 Å². The highest BCUT2D eigenvalue weighted by molar-refractivity contribution is 5.71. The third kappa shape index (κ3) is 4.21. The van der Waals surface area contributed by atoms with Gasteiger partial charge in [0.25, 0.3) is 0 Å². The summed E-state index contributed by atoms with van der Waals surface area (Å²) in [5, 5.41) is 29.3. The van der Waals surface area contributed by atoms with Crippen molar-refractivity contribution in [1.29, 1.82) is 0 Å². The third-order valence-electron chi connectivity index (χ3n) is 5.12. The first-order valence-corrected chi connectivity index (χ1v) is 9.26. The first-order chi connectivity index (χ1) is 13.1. The number of aromatic hydroxyl groups is 2. The van der Waals surface area contributed by atoms with Gasteiger partial charge in [0.15, 0.2) is 0 Å². The second-order valence-corrected chi connectivity index (χ2v) is 8.19. The van der Waals surface area contributed by atoms with E-state index in [9.17, 15) is 10.2 Å². The summed E-state index contributed by atoms with van der Waals surface area (Å²) in [7, 11) is 0. The molecule has 5 nitrogen and oxygen atoms in total. The second-order valence-electron chi connectivity index (χ2n) is 8.19. The Bertz CT molecular complexity index is 911. The van der Waals surface area contributed by atoms with Gasteiger partial charge in [-0.3, -0.25) is 0 Å². The van der Waals surface area contributed by atoms with E-state index < -0.39 is 5.54 Å². The Kier molecular flexibility index (Phi) is 5.24. The molecule has 3 rings (SSSR count). The van der Waals surface area contributed by atoms with Crippen molar-refractivity contribution < 1.29 is 20.2 Å². The number of phenolic OH excluding ortho intramolecular Hbond substituents is 2. The van der Waals surface area contributed by atoms with Crippen LogP contribution in [-0.4, -0.2) is 38.2 Å². The van der Waals surface area contributed by atoms with E-state index in [0.29, 0.717) is 12.4 Å². The van der Waals surface area contributed by atoms with Crippen molar-refractivity contribution in [3.8, 4) is 17.2 Å². The van der Waals surface area contributed by atoms with Gasteiger partial charge in [0.2, 0.25) is 0 Å². The van der Waals surface area contributed by atoms with E-state index in [2.05, 4.69) is 6.08 Å². The average molecular weight is 382 g/mol. The zero-order valence-corrected chi connectivity index (χ0v) is 16.7. The van der Waals surface area contributed by atoms with E-state index in [1.165, 1.54) is 0 Å². The molecule has 0 saturated carbocycles. The van der Waals surface area contributed by atoms with Crippen molar-refractivity contribution in [2.75, 3.05) is 6.61 Å². The van der Waals surface area contributed by atoms with Crippen LogP contribution in [-0.2, 0) is 0 Å². The zero-order chi connectivity index (χ0) is 20.5. The molecule has 0 bridgehead atoms. The number of hydroxylamine groups is 2. The highest BCUT2D eigenvalue weighted by Crippen LogP contribution is 2.38. The van der Waals surface area contributed by atoms with Crippen LogP contribution in [0.5, 0.6) is 17.2 Å². The maximum Gasteiger partial charge on any atom is 0.124 e. The van der Waals surface area contributed by atoms with Gasteiger partial charge in [0, 0.05) is 6.07 Å². The smallest absolute Gasteiger partial charge is 0.124 e. The SMILES string of the molecule is CC1(C)C=C(COc2cc(O)cc(/C=C/c3ccc(O)cc3)c2)C(C)(C)N1[OH2+]. The van der Waals surface area contributed by atoms with Gasteiger partial charge >= 0.3 is 0 Å². The molecule has 5 heteroatoms. The first kappa shape index (κ1) is 20.0. The molecule has 4 N–H and O–H groups in total. The molecule has 0 unspecified atom stereocenters. The predicted molar refractivity (Wildman–Crippen MR) is 112 cm³/mol. The lowest BCUT2D eigenvalue weighted by Crippen LogP contribution is -2.48. The molecule has 0 atom stereocenters. The number of hydrogen-bond acceptors (Lipinski definition) is 4. The Morgan fingerprint density at radius 1 is 0.929 bits per heavy atom. The standard InChI is InChI=1S/C23H27NO4/c1-22(2)14-18(23(3,4)24(22)27)15-28-21-12-17(11-20(26)13-21)6-5-16-7-9-19(25)10-8-16/h5-14,25-27H,15H2,1-4H3/p+1/b6-5+. The largest absolute Gasteiger partial charge is 0.508 e. The average Bonchev–Trinajstić information content (AvgIpc) is 2.78. The van der Waals surface area contributed by atoms with Crippen molar-refractivity contribution >= 4 is 12.2 Å². The van der Waals surface area contributed by atoms with Crippen molar-refractivity contribution in [1.82, 2.24) is 5.06 Å². The summed E-state index contributed by atoms with van der Waals surface area (Å²) in [6, 6.07) is 12.0. The summed E-state index contributed by atoms with van der Waals surface area (Å²) in [6.07, 6.45) is 5.86. The number of phenols is 2. The molecule has 1 aliphatic rings. The van der Waals surface area contributed by atoms with E-state index in [-0.39, 0.29) is 17.0 Å². The molecular weight excluding hydrogens is 354 g/mol. The maximum absolute atomic E-state index is 10.0. The predicted octanol–water partition coefficient (Wildman–Crippen LogP) is 4.09. The van der Waals surface area contributed by atoms with Gasteiger partial charge < -0.3 is 20.2 Å². The maximum atomic E-state index is 10.0. The Morgan fingerprint density at radius 3 is 2.18 bits per heavy atom. The van der Waals surface area contributed by atoms with Crippen LogP contribution in [0.2, 0.25) is 0 Å². The molecule has 148 valence electrons. The van der Waals surface area contributed by atoms with E-state index in [4.69, 9.17) is 9.94 Å². The van der Waals surface area contributed by atoms with Gasteiger partial charge in [0.1, 0.15) is 34.9 Å². The van der Waals surface area contributed by atoms with E-state index in [1.807, 2.05) is 58.0 Å². The number of benzene rings is 2. The van der Waals surface area contributed by atoms with E-state index in [0.717, 1.165) is 16.7 Å². The van der Waals surface area contributed by atoms with Gasteiger partial charge in [-0.2, -0.15) is 0 Å². The molecule has 0 aromatic heterocycles. The topological polar surface area (TPSA) is 75.8 Å². The molecule has 1 aliphatic heterocycles. The molecule has 2 aromatic rings. The van der Waals surface area contributed by atoms with Crippen LogP contribution in [0.1, 0.15) is 38.8 Å². The summed E-state index contributed by atoms with van der Waals surface area (Å²) >= 11 is 0. The fourth-order valence-electron chi connectivity index (χ4n) is 3.47. The zero-order valence-electron chi connectivity index (χ0n) is 16.7. The number of hydrogen-bond donors (Lipinski definition) is 2. The minimum absolute atomic E-state index is 0.130. The van der Waals surface area contributed by atoms with Crippen LogP contribution in [0.3, 0.4) is 0 Å². The quantitative estimate of drug-likeness (QED) is 0.464. The van der Waals surface area contributed by atoms with Crippen LogP contribution in [0.25, 0.3) is 12.2 Å². The van der Waals surface area contributed by atoms with E-state index >= 15 is 0 Å². The Morgan fingerprint density at radius 2 is 1.57 bits per heavy atom. The van der Waals surface area contributed by atoms with Gasteiger partial charge in [-0.1, -0.05) is 35.4 Å². The molecule has 1 heterocycles. The number of nitrogens with zero attached hydrogens (tertiary/aromatic N) is 1. The Labute approximate surface area is 165 Å². The van der Waals surface area contributed by atoms with Gasteiger partial charge in [-0.15, -0.1) is 0 Å². The summed E-state index contributed by atoms with van der Waals surface area (Å²) < 4.78 is 5.95. The van der Waals surface area contributed by atoms with Crippen LogP contribution < -0.4 is 4.74 Å². The first-order valence-electron chi connectivity index (χ1n) is 9.26. The van der Waals surface area contributed by atoms with Gasteiger partial charge in [0.05, 0.1) is 0 Å². The number of rotatable bonds is 5. The minimum atomic E-state index is -0.415. The lowest BCUT2D eigenvalue weighted by molar-refractivity contribution is -0.185. The molecule has 0 amide bonds. The lowest BCUT2D eigenvalue weighted by atomic mass is 9.97. The molecule has 0 saturated heterocycles. The molecule has 0 radical (unpaired) electrons. The minimum Gasteiger partial charge on any atom is -0.508 e. The summed E-state index contributed by atoms with van der Waals surface area (Å²) in [5.41, 5.74) is 2.03. The van der Waals surface area contributed by atoms with Crippen LogP contribution >= 0.6 is 0 Å². The van der Waals surface area contributed by atoms with Crippen molar-refractivity contribution in [2.45, 2.75) is 38.8 Å². The highest BCUT2D eigenvalue weighted by Gasteiger charge is 2.49. The monoisotopic (exact) mass is 382 g/mol. The Balaban J connectivity index is 1.74. The van der Waals surface area contributed by atoms with E-state index in [1.54, 1.807) is 29.3 Å². The normalized spacial score (nSPS) is 18.4. The summed E-state index contributed by atoms with van der Waals surface area (Å²) in [6.45, 7) is 8.40. The second kappa shape index (κ2) is 7.34. The third-order valence-corrected chi connectivity index (χ3v) is 5.12. The van der Waals surface area contributed by atoms with Crippen LogP contribution in [0, 0.1) is 0 Å². The number of ether oxygens (including phenoxy) is 1. The highest BCUT2D eigenvalue weighted by atomic mass is 16.5. The summed E-state index contributed by atoms with van der Waals surface area (Å²) in [4.78, 5) is 0. The fourth-order valence-corrected chi connectivity index (χ4v) is 3.47. The Hall–Kier alpha value is -2.76. The van der Waals surface area contributed by atoms with Gasteiger partial charge in [-0.05, 0) is 68.7 Å². The lowest BCUT2D eigenvalue weighted by Gasteiger charge is -2.31. The van der Waals surface area contributed by atoms with Gasteiger partial charge in [-0.25, -0.2) is 0 Å². The molecule has 28 heavy (non-hydrogen) atoms.